The monoisotopic (exact) mass is 756 g/mol. The molecule has 0 radical (unpaired) electrons. The van der Waals surface area contributed by atoms with Gasteiger partial charge in [0.05, 0.1) is 35.5 Å². The van der Waals surface area contributed by atoms with Gasteiger partial charge >= 0.3 is 12.4 Å². The van der Waals surface area contributed by atoms with E-state index in [1.165, 1.54) is 32.9 Å². The molecule has 0 bridgehead atoms. The highest BCUT2D eigenvalue weighted by Crippen LogP contribution is 2.40. The lowest BCUT2D eigenvalue weighted by atomic mass is 10.1. The molecule has 0 saturated heterocycles. The zero-order valence-corrected chi connectivity index (χ0v) is 26.4. The van der Waals surface area contributed by atoms with E-state index in [9.17, 15) is 46.6 Å². The van der Waals surface area contributed by atoms with Crippen molar-refractivity contribution < 1.29 is 45.7 Å². The molecule has 4 rings (SSSR count). The second kappa shape index (κ2) is 14.0. The standard InChI is InChI=1S/C14H10ClF3N2O3.C13H7BrClF3N2O3/c1-7-8(2)13(19-6-12(7)20(21)22)23-9-3-4-11(15)10(5-9)14(16,17)18;1-6-10(20(21)22)5-19-12(11(6)14)23-7-2-3-9(15)8(4-7)13(16,17)18/h3-6H,1-2H3;2-5H,1H3. The summed E-state index contributed by atoms with van der Waals surface area (Å²) >= 11 is 14.1. The molecule has 244 valence electrons. The SMILES string of the molecule is Cc1c([N+](=O)[O-])cnc(Oc2ccc(Cl)c(C(F)(F)F)c2)c1Br.Cc1c([N+](=O)[O-])cnc(Oc2ccc(Cl)c(C(F)(F)F)c2)c1C. The molecule has 2 heterocycles. The summed E-state index contributed by atoms with van der Waals surface area (Å²) < 4.78 is 87.7. The number of hydrogen-bond acceptors (Lipinski definition) is 8. The zero-order chi connectivity index (χ0) is 34.7. The van der Waals surface area contributed by atoms with Gasteiger partial charge in [0.25, 0.3) is 11.4 Å². The van der Waals surface area contributed by atoms with Crippen molar-refractivity contribution in [3.8, 4) is 23.3 Å². The van der Waals surface area contributed by atoms with Gasteiger partial charge in [-0.3, -0.25) is 20.2 Å². The van der Waals surface area contributed by atoms with Crippen molar-refractivity contribution in [3.63, 3.8) is 0 Å². The first-order valence-electron chi connectivity index (χ1n) is 12.2. The third-order valence-electron chi connectivity index (χ3n) is 6.09. The Hall–Kier alpha value is -4.22. The first-order chi connectivity index (χ1) is 21.2. The van der Waals surface area contributed by atoms with E-state index in [0.29, 0.717) is 11.1 Å². The molecule has 4 aromatic rings. The highest BCUT2D eigenvalue weighted by atomic mass is 79.9. The van der Waals surface area contributed by atoms with Crippen LogP contribution in [0, 0.1) is 41.0 Å². The number of benzene rings is 2. The lowest BCUT2D eigenvalue weighted by molar-refractivity contribution is -0.385. The Morgan fingerprint density at radius 2 is 1.09 bits per heavy atom. The molecule has 19 heteroatoms. The van der Waals surface area contributed by atoms with Crippen LogP contribution in [0.25, 0.3) is 0 Å². The molecule has 0 N–H and O–H groups in total. The maximum Gasteiger partial charge on any atom is 0.417 e. The zero-order valence-electron chi connectivity index (χ0n) is 23.3. The fourth-order valence-corrected chi connectivity index (χ4v) is 4.38. The Kier molecular flexibility index (Phi) is 11.1. The van der Waals surface area contributed by atoms with E-state index in [4.69, 9.17) is 32.7 Å². The first-order valence-corrected chi connectivity index (χ1v) is 13.8. The summed E-state index contributed by atoms with van der Waals surface area (Å²) in [6.07, 6.45) is -7.29. The molecule has 2 aromatic carbocycles. The van der Waals surface area contributed by atoms with E-state index >= 15 is 0 Å². The fraction of sp³-hybridized carbons (Fsp3) is 0.185. The second-order valence-corrected chi connectivity index (χ2v) is 10.7. The number of aromatic nitrogens is 2. The van der Waals surface area contributed by atoms with Crippen molar-refractivity contribution in [2.75, 3.05) is 0 Å². The molecule has 0 aliphatic heterocycles. The fourth-order valence-electron chi connectivity index (χ4n) is 3.55. The minimum absolute atomic E-state index is 0.0106. The molecule has 0 fully saturated rings. The van der Waals surface area contributed by atoms with Crippen LogP contribution in [0.3, 0.4) is 0 Å². The van der Waals surface area contributed by atoms with Gasteiger partial charge in [0.2, 0.25) is 11.8 Å². The predicted octanol–water partition coefficient (Wildman–Crippen LogP) is 10.6. The van der Waals surface area contributed by atoms with Gasteiger partial charge in [-0.15, -0.1) is 0 Å². The third-order valence-corrected chi connectivity index (χ3v) is 7.68. The highest BCUT2D eigenvalue weighted by molar-refractivity contribution is 9.10. The van der Waals surface area contributed by atoms with Gasteiger partial charge in [-0.05, 0) is 73.1 Å². The van der Waals surface area contributed by atoms with Crippen LogP contribution >= 0.6 is 39.1 Å². The summed E-state index contributed by atoms with van der Waals surface area (Å²) in [5, 5.41) is 20.7. The van der Waals surface area contributed by atoms with E-state index in [2.05, 4.69) is 25.9 Å². The quantitative estimate of drug-likeness (QED) is 0.108. The number of nitro groups is 2. The number of hydrogen-bond donors (Lipinski definition) is 0. The van der Waals surface area contributed by atoms with E-state index in [1.807, 2.05) is 0 Å². The van der Waals surface area contributed by atoms with Gasteiger partial charge in [-0.25, -0.2) is 9.97 Å². The topological polar surface area (TPSA) is 131 Å². The third kappa shape index (κ3) is 8.52. The maximum absolute atomic E-state index is 12.8. The summed E-state index contributed by atoms with van der Waals surface area (Å²) in [5.41, 5.74) is -1.59. The highest BCUT2D eigenvalue weighted by Gasteiger charge is 2.35. The normalized spacial score (nSPS) is 11.4. The van der Waals surface area contributed by atoms with Crippen molar-refractivity contribution >= 4 is 50.5 Å². The number of nitrogens with zero attached hydrogens (tertiary/aromatic N) is 4. The van der Waals surface area contributed by atoms with E-state index in [-0.39, 0.29) is 44.7 Å². The molecular weight excluding hydrogens is 741 g/mol. The van der Waals surface area contributed by atoms with Crippen molar-refractivity contribution in [2.45, 2.75) is 33.1 Å². The molecule has 0 aliphatic carbocycles. The number of halogens is 9. The minimum Gasteiger partial charge on any atom is -0.439 e. The first kappa shape index (κ1) is 36.3. The van der Waals surface area contributed by atoms with Gasteiger partial charge in [0, 0.05) is 16.7 Å². The van der Waals surface area contributed by atoms with Crippen molar-refractivity contribution in [1.82, 2.24) is 9.97 Å². The molecule has 2 aromatic heterocycles. The smallest absolute Gasteiger partial charge is 0.417 e. The molecule has 0 saturated carbocycles. The second-order valence-electron chi connectivity index (χ2n) is 9.08. The molecule has 0 spiro atoms. The van der Waals surface area contributed by atoms with Crippen molar-refractivity contribution in [2.24, 2.45) is 0 Å². The van der Waals surface area contributed by atoms with E-state index in [1.54, 1.807) is 0 Å². The average molecular weight is 758 g/mol. The molecule has 0 aliphatic rings. The lowest BCUT2D eigenvalue weighted by Gasteiger charge is -2.13. The predicted molar refractivity (Wildman–Crippen MR) is 157 cm³/mol. The van der Waals surface area contributed by atoms with Crippen LogP contribution in [0.5, 0.6) is 23.3 Å². The van der Waals surface area contributed by atoms with Crippen LogP contribution in [-0.2, 0) is 12.4 Å². The molecule has 0 amide bonds. The van der Waals surface area contributed by atoms with Gasteiger partial charge < -0.3 is 9.47 Å². The van der Waals surface area contributed by atoms with Gasteiger partial charge in [0.1, 0.15) is 23.9 Å². The van der Waals surface area contributed by atoms with Crippen LogP contribution in [0.1, 0.15) is 27.8 Å². The number of alkyl halides is 6. The molecule has 0 atom stereocenters. The van der Waals surface area contributed by atoms with Gasteiger partial charge in [-0.2, -0.15) is 26.3 Å². The number of pyridine rings is 2. The Balaban J connectivity index is 0.000000250. The largest absolute Gasteiger partial charge is 0.439 e. The van der Waals surface area contributed by atoms with Crippen LogP contribution in [0.15, 0.2) is 53.3 Å². The Morgan fingerprint density at radius 1 is 0.696 bits per heavy atom. The maximum atomic E-state index is 12.8. The number of rotatable bonds is 6. The van der Waals surface area contributed by atoms with Crippen LogP contribution < -0.4 is 9.47 Å². The van der Waals surface area contributed by atoms with E-state index < -0.39 is 43.4 Å². The van der Waals surface area contributed by atoms with Crippen LogP contribution in [-0.4, -0.2) is 19.8 Å². The summed E-state index contributed by atoms with van der Waals surface area (Å²) in [5.74, 6) is -0.374. The Morgan fingerprint density at radius 3 is 1.50 bits per heavy atom. The average Bonchev–Trinajstić information content (AvgIpc) is 2.94. The summed E-state index contributed by atoms with van der Waals surface area (Å²) in [6, 6.07) is 6.09. The molecule has 0 unspecified atom stereocenters. The summed E-state index contributed by atoms with van der Waals surface area (Å²) in [4.78, 5) is 27.9. The molecular formula is C27H17BrCl2F6N4O6. The van der Waals surface area contributed by atoms with E-state index in [0.717, 1.165) is 36.7 Å². The lowest BCUT2D eigenvalue weighted by Crippen LogP contribution is -2.06. The number of ether oxygens (including phenoxy) is 2. The van der Waals surface area contributed by atoms with Crippen LogP contribution in [0.2, 0.25) is 10.0 Å². The summed E-state index contributed by atoms with van der Waals surface area (Å²) in [6.45, 7) is 4.50. The summed E-state index contributed by atoms with van der Waals surface area (Å²) in [7, 11) is 0. The van der Waals surface area contributed by atoms with Gasteiger partial charge in [0.15, 0.2) is 0 Å². The van der Waals surface area contributed by atoms with Crippen molar-refractivity contribution in [1.29, 1.82) is 0 Å². The Labute approximate surface area is 273 Å². The Bertz CT molecular complexity index is 1690. The molecule has 10 nitrogen and oxygen atoms in total. The van der Waals surface area contributed by atoms with Gasteiger partial charge in [-0.1, -0.05) is 23.2 Å². The minimum atomic E-state index is -4.63. The van der Waals surface area contributed by atoms with Crippen LogP contribution in [0.4, 0.5) is 37.7 Å². The molecule has 46 heavy (non-hydrogen) atoms. The van der Waals surface area contributed by atoms with Crippen molar-refractivity contribution in [3.05, 3.63) is 111 Å².